The minimum Gasteiger partial charge on any atom is -0.351 e. The Labute approximate surface area is 101 Å². The molecule has 0 aliphatic heterocycles. The molecule has 0 spiro atoms. The molecule has 0 saturated heterocycles. The minimum absolute atomic E-state index is 0.262. The highest BCUT2D eigenvalue weighted by molar-refractivity contribution is 7.15. The number of hydrogen-bond acceptors (Lipinski definition) is 3. The van der Waals surface area contributed by atoms with Gasteiger partial charge in [-0.2, -0.15) is 0 Å². The van der Waals surface area contributed by atoms with Gasteiger partial charge in [-0.3, -0.25) is 5.32 Å². The summed E-state index contributed by atoms with van der Waals surface area (Å²) in [7, 11) is 0. The lowest BCUT2D eigenvalue weighted by Crippen LogP contribution is -2.18. The van der Waals surface area contributed by atoms with Crippen LogP contribution in [-0.2, 0) is 6.42 Å². The fraction of sp³-hybridized carbons (Fsp3) is 0.0909. The van der Waals surface area contributed by atoms with Crippen LogP contribution in [0.2, 0.25) is 0 Å². The van der Waals surface area contributed by atoms with E-state index in [-0.39, 0.29) is 5.82 Å². The summed E-state index contributed by atoms with van der Waals surface area (Å²) in [6.45, 7) is 0. The molecule has 0 bridgehead atoms. The molecule has 1 aromatic carbocycles. The molecule has 2 amide bonds. The number of amides is 2. The van der Waals surface area contributed by atoms with Crippen LogP contribution in [0.25, 0.3) is 0 Å². The van der Waals surface area contributed by atoms with Crippen molar-refractivity contribution in [3.05, 3.63) is 46.7 Å². The molecule has 0 aliphatic rings. The van der Waals surface area contributed by atoms with Gasteiger partial charge in [-0.1, -0.05) is 12.1 Å². The van der Waals surface area contributed by atoms with Gasteiger partial charge in [0.1, 0.15) is 5.82 Å². The second kappa shape index (κ2) is 4.92. The van der Waals surface area contributed by atoms with Crippen LogP contribution in [0.4, 0.5) is 14.3 Å². The number of anilines is 1. The van der Waals surface area contributed by atoms with E-state index < -0.39 is 6.03 Å². The first-order chi connectivity index (χ1) is 8.13. The van der Waals surface area contributed by atoms with Crippen LogP contribution in [0.1, 0.15) is 10.4 Å². The molecule has 4 nitrogen and oxygen atoms in total. The molecule has 17 heavy (non-hydrogen) atoms. The summed E-state index contributed by atoms with van der Waals surface area (Å²) in [6, 6.07) is 5.73. The van der Waals surface area contributed by atoms with Gasteiger partial charge in [0.2, 0.25) is 0 Å². The summed E-state index contributed by atoms with van der Waals surface area (Å²) in [6.07, 6.45) is 2.22. The predicted octanol–water partition coefficient (Wildman–Crippen LogP) is 2.36. The molecule has 0 radical (unpaired) electrons. The van der Waals surface area contributed by atoms with Crippen LogP contribution in [0, 0.1) is 5.82 Å². The van der Waals surface area contributed by atoms with Gasteiger partial charge < -0.3 is 5.73 Å². The normalized spacial score (nSPS) is 10.2. The smallest absolute Gasteiger partial charge is 0.318 e. The molecule has 3 N–H and O–H groups in total. The molecule has 0 unspecified atom stereocenters. The molecule has 1 heterocycles. The highest BCUT2D eigenvalue weighted by Crippen LogP contribution is 2.21. The van der Waals surface area contributed by atoms with Crippen LogP contribution < -0.4 is 11.1 Å². The van der Waals surface area contributed by atoms with E-state index in [4.69, 9.17) is 5.73 Å². The van der Waals surface area contributed by atoms with Gasteiger partial charge in [-0.15, -0.1) is 11.3 Å². The second-order valence-corrected chi connectivity index (χ2v) is 4.54. The molecule has 2 rings (SSSR count). The first kappa shape index (κ1) is 11.5. The van der Waals surface area contributed by atoms with Crippen LogP contribution in [0.15, 0.2) is 30.5 Å². The molecular formula is C11H10FN3OS. The predicted molar refractivity (Wildman–Crippen MR) is 64.5 cm³/mol. The fourth-order valence-electron chi connectivity index (χ4n) is 1.40. The van der Waals surface area contributed by atoms with Crippen molar-refractivity contribution in [2.24, 2.45) is 5.73 Å². The van der Waals surface area contributed by atoms with E-state index in [0.717, 1.165) is 10.4 Å². The van der Waals surface area contributed by atoms with E-state index in [1.165, 1.54) is 23.5 Å². The monoisotopic (exact) mass is 251 g/mol. The number of aromatic nitrogens is 1. The number of urea groups is 1. The third kappa shape index (κ3) is 3.25. The number of halogens is 1. The minimum atomic E-state index is -0.642. The van der Waals surface area contributed by atoms with Crippen LogP contribution in [-0.4, -0.2) is 11.0 Å². The zero-order valence-electron chi connectivity index (χ0n) is 8.81. The third-order valence-corrected chi connectivity index (χ3v) is 2.96. The summed E-state index contributed by atoms with van der Waals surface area (Å²) in [5.41, 5.74) is 5.83. The Kier molecular flexibility index (Phi) is 3.34. The maximum Gasteiger partial charge on any atom is 0.318 e. The second-order valence-electron chi connectivity index (χ2n) is 3.43. The molecule has 6 heteroatoms. The average molecular weight is 251 g/mol. The van der Waals surface area contributed by atoms with Gasteiger partial charge in [0.05, 0.1) is 0 Å². The largest absolute Gasteiger partial charge is 0.351 e. The van der Waals surface area contributed by atoms with Crippen LogP contribution >= 0.6 is 11.3 Å². The van der Waals surface area contributed by atoms with E-state index in [1.807, 2.05) is 6.07 Å². The van der Waals surface area contributed by atoms with E-state index in [0.29, 0.717) is 11.6 Å². The Bertz CT molecular complexity index is 541. The lowest BCUT2D eigenvalue weighted by Gasteiger charge is -1.97. The Balaban J connectivity index is 2.08. The number of nitrogens with zero attached hydrogens (tertiary/aromatic N) is 1. The number of hydrogen-bond donors (Lipinski definition) is 2. The Hall–Kier alpha value is -1.95. The molecule has 88 valence electrons. The SMILES string of the molecule is NC(=O)Nc1ncc(Cc2cccc(F)c2)s1. The van der Waals surface area contributed by atoms with E-state index in [2.05, 4.69) is 10.3 Å². The highest BCUT2D eigenvalue weighted by Gasteiger charge is 2.05. The number of nitrogens with two attached hydrogens (primary N) is 1. The topological polar surface area (TPSA) is 68.0 Å². The number of benzene rings is 1. The Morgan fingerprint density at radius 3 is 3.06 bits per heavy atom. The van der Waals surface area contributed by atoms with Gasteiger partial charge in [-0.05, 0) is 17.7 Å². The lowest BCUT2D eigenvalue weighted by atomic mass is 10.1. The number of primary amides is 1. The summed E-state index contributed by atoms with van der Waals surface area (Å²) in [5.74, 6) is -0.262. The van der Waals surface area contributed by atoms with Crippen molar-refractivity contribution < 1.29 is 9.18 Å². The fourth-order valence-corrected chi connectivity index (χ4v) is 2.25. The van der Waals surface area contributed by atoms with E-state index in [9.17, 15) is 9.18 Å². The number of thiazole rings is 1. The standard InChI is InChI=1S/C11H10FN3OS/c12-8-3-1-2-7(4-8)5-9-6-14-11(17-9)15-10(13)16/h1-4,6H,5H2,(H3,13,14,15,16). The van der Waals surface area contributed by atoms with E-state index >= 15 is 0 Å². The first-order valence-corrected chi connectivity index (χ1v) is 5.71. The van der Waals surface area contributed by atoms with Crippen LogP contribution in [0.5, 0.6) is 0 Å². The van der Waals surface area contributed by atoms with Crippen LogP contribution in [0.3, 0.4) is 0 Å². The van der Waals surface area contributed by atoms with Gasteiger partial charge in [0, 0.05) is 17.5 Å². The van der Waals surface area contributed by atoms with Gasteiger partial charge >= 0.3 is 6.03 Å². The van der Waals surface area contributed by atoms with Crippen molar-refractivity contribution in [1.29, 1.82) is 0 Å². The average Bonchev–Trinajstić information content (AvgIpc) is 2.64. The summed E-state index contributed by atoms with van der Waals surface area (Å²) in [5, 5.41) is 2.84. The lowest BCUT2D eigenvalue weighted by molar-refractivity contribution is 0.259. The van der Waals surface area contributed by atoms with Gasteiger partial charge in [0.25, 0.3) is 0 Å². The number of carbonyl (C=O) groups excluding carboxylic acids is 1. The van der Waals surface area contributed by atoms with Crippen molar-refractivity contribution in [3.8, 4) is 0 Å². The molecule has 0 atom stereocenters. The number of rotatable bonds is 3. The molecular weight excluding hydrogens is 241 g/mol. The molecule has 0 saturated carbocycles. The highest BCUT2D eigenvalue weighted by atomic mass is 32.1. The Morgan fingerprint density at radius 2 is 2.35 bits per heavy atom. The summed E-state index contributed by atoms with van der Waals surface area (Å²) >= 11 is 1.32. The van der Waals surface area contributed by atoms with Crippen molar-refractivity contribution in [1.82, 2.24) is 4.98 Å². The van der Waals surface area contributed by atoms with Gasteiger partial charge in [0.15, 0.2) is 5.13 Å². The maximum absolute atomic E-state index is 13.0. The zero-order valence-corrected chi connectivity index (χ0v) is 9.63. The molecule has 2 aromatic rings. The zero-order chi connectivity index (χ0) is 12.3. The molecule has 0 fully saturated rings. The number of nitrogens with one attached hydrogen (secondary N) is 1. The van der Waals surface area contributed by atoms with Crippen molar-refractivity contribution in [2.45, 2.75) is 6.42 Å². The van der Waals surface area contributed by atoms with Crippen molar-refractivity contribution in [2.75, 3.05) is 5.32 Å². The van der Waals surface area contributed by atoms with E-state index in [1.54, 1.807) is 12.3 Å². The third-order valence-electron chi connectivity index (χ3n) is 2.05. The maximum atomic E-state index is 13.0. The van der Waals surface area contributed by atoms with Crippen molar-refractivity contribution in [3.63, 3.8) is 0 Å². The van der Waals surface area contributed by atoms with Crippen molar-refractivity contribution >= 4 is 22.5 Å². The summed E-state index contributed by atoms with van der Waals surface area (Å²) in [4.78, 5) is 15.5. The molecule has 1 aromatic heterocycles. The number of carbonyl (C=O) groups is 1. The summed E-state index contributed by atoms with van der Waals surface area (Å²) < 4.78 is 13.0. The van der Waals surface area contributed by atoms with Gasteiger partial charge in [-0.25, -0.2) is 14.2 Å². The Morgan fingerprint density at radius 1 is 1.53 bits per heavy atom. The molecule has 0 aliphatic carbocycles. The first-order valence-electron chi connectivity index (χ1n) is 4.89. The quantitative estimate of drug-likeness (QED) is 0.879.